The third-order valence-electron chi connectivity index (χ3n) is 5.81. The molecule has 8 heteroatoms. The molecule has 0 saturated carbocycles. The Morgan fingerprint density at radius 2 is 1.15 bits per heavy atom. The lowest BCUT2D eigenvalue weighted by molar-refractivity contribution is -0.134. The highest BCUT2D eigenvalue weighted by atomic mass is 16.5. The zero-order valence-corrected chi connectivity index (χ0v) is 20.2. The first-order valence-electron chi connectivity index (χ1n) is 10.6. The third kappa shape index (κ3) is 5.96. The fourth-order valence-corrected chi connectivity index (χ4v) is 4.09. The van der Waals surface area contributed by atoms with E-state index in [2.05, 4.69) is 5.32 Å². The molecular weight excluding hydrogens is 426 g/mol. The van der Waals surface area contributed by atoms with Gasteiger partial charge in [0.2, 0.25) is 0 Å². The van der Waals surface area contributed by atoms with Crippen LogP contribution in [0.2, 0.25) is 0 Å². The summed E-state index contributed by atoms with van der Waals surface area (Å²) < 4.78 is 21.8. The molecule has 1 aliphatic heterocycles. The molecule has 8 nitrogen and oxygen atoms in total. The van der Waals surface area contributed by atoms with Gasteiger partial charge in [0, 0.05) is 54.1 Å². The maximum atomic E-state index is 13.2. The zero-order valence-electron chi connectivity index (χ0n) is 20.2. The predicted molar refractivity (Wildman–Crippen MR) is 124 cm³/mol. The number of hydrogen-bond acceptors (Lipinski definition) is 7. The Bertz CT molecular complexity index is 902. The van der Waals surface area contributed by atoms with Crippen molar-refractivity contribution in [3.63, 3.8) is 0 Å². The lowest BCUT2D eigenvalue weighted by Crippen LogP contribution is -2.46. The molecule has 0 aliphatic carbocycles. The predicted octanol–water partition coefficient (Wildman–Crippen LogP) is 4.04. The van der Waals surface area contributed by atoms with Crippen molar-refractivity contribution in [1.29, 1.82) is 0 Å². The van der Waals surface area contributed by atoms with E-state index in [0.717, 1.165) is 18.1 Å². The van der Waals surface area contributed by atoms with Crippen molar-refractivity contribution >= 4 is 11.8 Å². The summed E-state index contributed by atoms with van der Waals surface area (Å²) in [6.45, 7) is 5.00. The van der Waals surface area contributed by atoms with E-state index in [1.807, 2.05) is 50.2 Å². The van der Waals surface area contributed by atoms with Crippen LogP contribution in [-0.2, 0) is 9.59 Å². The second-order valence-electron chi connectivity index (χ2n) is 7.84. The minimum absolute atomic E-state index is 0.198. The quantitative estimate of drug-likeness (QED) is 0.667. The zero-order chi connectivity index (χ0) is 24.7. The average Bonchev–Trinajstić information content (AvgIpc) is 2.81. The number of carbonyl (C=O) groups excluding carboxylic acids is 1. The van der Waals surface area contributed by atoms with Crippen LogP contribution >= 0.6 is 0 Å². The van der Waals surface area contributed by atoms with Crippen LogP contribution in [-0.4, -0.2) is 45.3 Å². The molecule has 2 N–H and O–H groups in total. The van der Waals surface area contributed by atoms with Crippen LogP contribution in [0.25, 0.3) is 0 Å². The molecule has 0 radical (unpaired) electrons. The van der Waals surface area contributed by atoms with Gasteiger partial charge in [0.15, 0.2) is 0 Å². The van der Waals surface area contributed by atoms with Gasteiger partial charge in [-0.05, 0) is 12.1 Å². The number of nitrogens with one attached hydrogen (secondary N) is 1. The Morgan fingerprint density at radius 1 is 0.788 bits per heavy atom. The average molecular weight is 460 g/mol. The molecule has 4 atom stereocenters. The number of carbonyl (C=O) groups is 2. The Hall–Kier alpha value is -3.26. The highest BCUT2D eigenvalue weighted by molar-refractivity contribution is 5.86. The van der Waals surface area contributed by atoms with E-state index in [9.17, 15) is 4.79 Å². The van der Waals surface area contributed by atoms with Gasteiger partial charge in [-0.3, -0.25) is 9.59 Å². The second-order valence-corrected chi connectivity index (χ2v) is 7.84. The highest BCUT2D eigenvalue weighted by Crippen LogP contribution is 2.44. The van der Waals surface area contributed by atoms with Crippen LogP contribution in [0.1, 0.15) is 44.0 Å². The Morgan fingerprint density at radius 3 is 1.45 bits per heavy atom. The van der Waals surface area contributed by atoms with Crippen molar-refractivity contribution in [2.45, 2.75) is 32.9 Å². The Balaban J connectivity index is 0.000000890. The number of methoxy groups -OCH3 is 4. The minimum atomic E-state index is -0.833. The number of Topliss-reactive ketones (excluding diaryl/α,β-unsaturated/α-hetero) is 1. The molecule has 0 aromatic heterocycles. The van der Waals surface area contributed by atoms with Crippen LogP contribution in [0, 0.1) is 11.8 Å². The first kappa shape index (κ1) is 26.0. The smallest absolute Gasteiger partial charge is 0.300 e. The van der Waals surface area contributed by atoms with Crippen LogP contribution < -0.4 is 24.3 Å². The number of carboxylic acid groups (broad SMARTS) is 1. The molecule has 0 spiro atoms. The fourth-order valence-electron chi connectivity index (χ4n) is 4.09. The van der Waals surface area contributed by atoms with Crippen LogP contribution in [0.3, 0.4) is 0 Å². The van der Waals surface area contributed by atoms with Crippen molar-refractivity contribution in [1.82, 2.24) is 5.32 Å². The van der Waals surface area contributed by atoms with Gasteiger partial charge < -0.3 is 29.4 Å². The van der Waals surface area contributed by atoms with E-state index in [1.165, 1.54) is 0 Å². The number of aliphatic carboxylic acids is 1. The summed E-state index contributed by atoms with van der Waals surface area (Å²) in [5, 5.41) is 11.1. The van der Waals surface area contributed by atoms with E-state index < -0.39 is 5.97 Å². The molecular formula is C25H33NO7. The molecule has 33 heavy (non-hydrogen) atoms. The maximum absolute atomic E-state index is 13.2. The monoisotopic (exact) mass is 459 g/mol. The number of ether oxygens (including phenoxy) is 4. The molecule has 0 amide bonds. The van der Waals surface area contributed by atoms with Crippen molar-refractivity contribution in [3.05, 3.63) is 47.5 Å². The van der Waals surface area contributed by atoms with E-state index >= 15 is 0 Å². The summed E-state index contributed by atoms with van der Waals surface area (Å²) in [7, 11) is 6.49. The number of rotatable bonds is 6. The van der Waals surface area contributed by atoms with Crippen LogP contribution in [0.15, 0.2) is 36.4 Å². The number of piperidine rings is 1. The standard InChI is InChI=1S/C23H29NO5.C2H4O2/c1-13-21(17-9-7-15(26-3)11-19(17)28-5)24-22(14(2)23(13)25)18-10-8-16(27-4)12-20(18)29-6;1-2(3)4/h7-14,21-22,24H,1-6H3;1H3,(H,3,4). The molecule has 4 unspecified atom stereocenters. The molecule has 1 heterocycles. The van der Waals surface area contributed by atoms with Crippen molar-refractivity contribution in [2.75, 3.05) is 28.4 Å². The first-order valence-corrected chi connectivity index (χ1v) is 10.6. The second kappa shape index (κ2) is 11.6. The molecule has 180 valence electrons. The SMILES string of the molecule is CC(=O)O.COc1ccc(C2NC(c3ccc(OC)cc3OC)C(C)C(=O)C2C)c(OC)c1. The molecule has 2 aromatic carbocycles. The minimum Gasteiger partial charge on any atom is -0.497 e. The van der Waals surface area contributed by atoms with Crippen molar-refractivity contribution < 1.29 is 33.6 Å². The van der Waals surface area contributed by atoms with Crippen LogP contribution in [0.4, 0.5) is 0 Å². The van der Waals surface area contributed by atoms with E-state index in [4.69, 9.17) is 28.8 Å². The molecule has 1 saturated heterocycles. The first-order chi connectivity index (χ1) is 15.7. The molecule has 3 rings (SSSR count). The number of carboxylic acids is 1. The number of benzene rings is 2. The maximum Gasteiger partial charge on any atom is 0.300 e. The third-order valence-corrected chi connectivity index (χ3v) is 5.81. The van der Waals surface area contributed by atoms with Gasteiger partial charge in [-0.15, -0.1) is 0 Å². The lowest BCUT2D eigenvalue weighted by Gasteiger charge is -2.40. The molecule has 1 aliphatic rings. The summed E-state index contributed by atoms with van der Waals surface area (Å²) in [5.74, 6) is 1.77. The summed E-state index contributed by atoms with van der Waals surface area (Å²) in [6.07, 6.45) is 0. The van der Waals surface area contributed by atoms with Gasteiger partial charge in [-0.1, -0.05) is 26.0 Å². The fraction of sp³-hybridized carbons (Fsp3) is 0.440. The van der Waals surface area contributed by atoms with Gasteiger partial charge in [0.1, 0.15) is 28.8 Å². The number of ketones is 1. The largest absolute Gasteiger partial charge is 0.497 e. The van der Waals surface area contributed by atoms with E-state index in [1.54, 1.807) is 28.4 Å². The Labute approximate surface area is 194 Å². The summed E-state index contributed by atoms with van der Waals surface area (Å²) >= 11 is 0. The Kier molecular flexibility index (Phi) is 9.11. The lowest BCUT2D eigenvalue weighted by atomic mass is 9.76. The van der Waals surface area contributed by atoms with Gasteiger partial charge in [-0.25, -0.2) is 0 Å². The normalized spacial score (nSPS) is 22.0. The van der Waals surface area contributed by atoms with E-state index in [-0.39, 0.29) is 29.7 Å². The molecule has 2 aromatic rings. The summed E-state index contributed by atoms with van der Waals surface area (Å²) in [5.41, 5.74) is 1.86. The number of hydrogen-bond donors (Lipinski definition) is 2. The van der Waals surface area contributed by atoms with Gasteiger partial charge in [-0.2, -0.15) is 0 Å². The topological polar surface area (TPSA) is 103 Å². The molecule has 0 bridgehead atoms. The van der Waals surface area contributed by atoms with Crippen molar-refractivity contribution in [2.24, 2.45) is 11.8 Å². The van der Waals surface area contributed by atoms with Crippen LogP contribution in [0.5, 0.6) is 23.0 Å². The summed E-state index contributed by atoms with van der Waals surface area (Å²) in [6, 6.07) is 11.0. The molecule has 1 fully saturated rings. The highest BCUT2D eigenvalue weighted by Gasteiger charge is 2.42. The van der Waals surface area contributed by atoms with Gasteiger partial charge >= 0.3 is 0 Å². The van der Waals surface area contributed by atoms with E-state index in [0.29, 0.717) is 23.0 Å². The summed E-state index contributed by atoms with van der Waals surface area (Å²) in [4.78, 5) is 22.2. The van der Waals surface area contributed by atoms with Gasteiger partial charge in [0.05, 0.1) is 28.4 Å². The van der Waals surface area contributed by atoms with Crippen molar-refractivity contribution in [3.8, 4) is 23.0 Å². The van der Waals surface area contributed by atoms with Gasteiger partial charge in [0.25, 0.3) is 5.97 Å².